The van der Waals surface area contributed by atoms with Crippen molar-refractivity contribution in [2.24, 2.45) is 5.10 Å². The molecule has 1 atom stereocenters. The Hall–Kier alpha value is -4.96. The van der Waals surface area contributed by atoms with Gasteiger partial charge in [0.15, 0.2) is 0 Å². The lowest BCUT2D eigenvalue weighted by molar-refractivity contribution is -0.109. The lowest BCUT2D eigenvalue weighted by Gasteiger charge is -2.26. The molecule has 4 aromatic carbocycles. The fourth-order valence-electron chi connectivity index (χ4n) is 4.66. The third-order valence-electron chi connectivity index (χ3n) is 6.77. The molecule has 0 aromatic heterocycles. The number of fused-ring (bicyclic) bond motifs is 1. The van der Waals surface area contributed by atoms with Gasteiger partial charge in [0.2, 0.25) is 0 Å². The molecule has 4 aromatic rings. The van der Waals surface area contributed by atoms with Gasteiger partial charge in [-0.3, -0.25) is 0 Å². The van der Waals surface area contributed by atoms with E-state index in [0.29, 0.717) is 17.9 Å². The van der Waals surface area contributed by atoms with Crippen molar-refractivity contribution < 1.29 is 23.9 Å². The predicted molar refractivity (Wildman–Crippen MR) is 162 cm³/mol. The van der Waals surface area contributed by atoms with Crippen molar-refractivity contribution in [2.75, 3.05) is 22.5 Å². The molecular weight excluding hydrogens is 555 g/mol. The highest BCUT2D eigenvalue weighted by molar-refractivity contribution is 7.99. The van der Waals surface area contributed by atoms with Crippen LogP contribution in [0.15, 0.2) is 107 Å². The lowest BCUT2D eigenvalue weighted by Crippen LogP contribution is -2.31. The smallest absolute Gasteiger partial charge is 0.339 e. The Morgan fingerprint density at radius 3 is 2.43 bits per heavy atom. The number of hydrogen-bond acceptors (Lipinski definition) is 6. The standard InChI is InChI=1S/C32H27FN4O4S/c33-24-10-12-25(13-11-24)34-32(41)36-35-28-19-37(30(20-38)22-4-2-1-3-5-22)29-15-14-26(18-27(28)29)42-17-16-21-6-8-23(9-7-21)31(39)40/h1-15,18,20,30H,16-17,19H2,(H,39,40)(H2,34,36,41). The molecule has 1 heterocycles. The summed E-state index contributed by atoms with van der Waals surface area (Å²) in [6.45, 7) is 0.300. The molecule has 2 amide bonds. The first-order valence-electron chi connectivity index (χ1n) is 13.2. The number of carbonyl (C=O) groups excluding carboxylic acids is 2. The monoisotopic (exact) mass is 582 g/mol. The Morgan fingerprint density at radius 2 is 1.74 bits per heavy atom. The van der Waals surface area contributed by atoms with E-state index in [9.17, 15) is 18.8 Å². The first-order chi connectivity index (χ1) is 20.4. The number of urea groups is 1. The second kappa shape index (κ2) is 13.1. The molecule has 0 aliphatic carbocycles. The van der Waals surface area contributed by atoms with E-state index in [4.69, 9.17) is 5.11 Å². The number of hydrogen-bond donors (Lipinski definition) is 3. The Balaban J connectivity index is 1.35. The normalized spacial score (nSPS) is 13.8. The summed E-state index contributed by atoms with van der Waals surface area (Å²) in [6.07, 6.45) is 1.65. The highest BCUT2D eigenvalue weighted by atomic mass is 32.2. The molecule has 0 fully saturated rings. The van der Waals surface area contributed by atoms with Gasteiger partial charge < -0.3 is 20.1 Å². The van der Waals surface area contributed by atoms with Crippen LogP contribution in [0.1, 0.15) is 33.1 Å². The highest BCUT2D eigenvalue weighted by Gasteiger charge is 2.31. The number of nitrogens with zero attached hydrogens (tertiary/aromatic N) is 2. The van der Waals surface area contributed by atoms with E-state index in [1.807, 2.05) is 65.6 Å². The SMILES string of the molecule is O=CC(c1ccccc1)N1CC(=NNC(=O)Nc2ccc(F)cc2)c2cc(SCCc3ccc(C(=O)O)cc3)ccc21. The number of thioether (sulfide) groups is 1. The number of aldehydes is 1. The molecule has 0 bridgehead atoms. The van der Waals surface area contributed by atoms with E-state index in [1.165, 1.54) is 24.3 Å². The zero-order valence-electron chi connectivity index (χ0n) is 22.4. The molecule has 8 nitrogen and oxygen atoms in total. The number of anilines is 2. The van der Waals surface area contributed by atoms with E-state index >= 15 is 0 Å². The maximum Gasteiger partial charge on any atom is 0.339 e. The number of carboxylic acid groups (broad SMARTS) is 1. The molecule has 1 aliphatic heterocycles. The first kappa shape index (κ1) is 28.6. The second-order valence-corrected chi connectivity index (χ2v) is 10.7. The number of carbonyl (C=O) groups is 3. The van der Waals surface area contributed by atoms with E-state index in [-0.39, 0.29) is 5.56 Å². The molecule has 3 N–H and O–H groups in total. The average molecular weight is 583 g/mol. The number of nitrogens with one attached hydrogen (secondary N) is 2. The van der Waals surface area contributed by atoms with Crippen LogP contribution >= 0.6 is 11.8 Å². The zero-order chi connectivity index (χ0) is 29.5. The third-order valence-corrected chi connectivity index (χ3v) is 7.76. The van der Waals surface area contributed by atoms with Gasteiger partial charge in [-0.1, -0.05) is 42.5 Å². The molecule has 0 spiro atoms. The minimum atomic E-state index is -0.952. The summed E-state index contributed by atoms with van der Waals surface area (Å²) in [7, 11) is 0. The van der Waals surface area contributed by atoms with Crippen molar-refractivity contribution in [3.05, 3.63) is 125 Å². The fourth-order valence-corrected chi connectivity index (χ4v) is 5.59. The van der Waals surface area contributed by atoms with E-state index < -0.39 is 23.9 Å². The quantitative estimate of drug-likeness (QED) is 0.118. The molecular formula is C32H27FN4O4S. The molecule has 0 radical (unpaired) electrons. The third kappa shape index (κ3) is 6.84. The lowest BCUT2D eigenvalue weighted by atomic mass is 10.1. The van der Waals surface area contributed by atoms with Gasteiger partial charge >= 0.3 is 12.0 Å². The summed E-state index contributed by atoms with van der Waals surface area (Å²) in [5.74, 6) is -0.593. The maximum atomic E-state index is 13.2. The van der Waals surface area contributed by atoms with Crippen molar-refractivity contribution >= 4 is 47.1 Å². The van der Waals surface area contributed by atoms with Crippen LogP contribution in [0, 0.1) is 5.82 Å². The molecule has 5 rings (SSSR count). The fraction of sp³-hybridized carbons (Fsp3) is 0.125. The van der Waals surface area contributed by atoms with Gasteiger partial charge in [0.1, 0.15) is 18.1 Å². The minimum Gasteiger partial charge on any atom is -0.478 e. The second-order valence-electron chi connectivity index (χ2n) is 9.53. The largest absolute Gasteiger partial charge is 0.478 e. The number of rotatable bonds is 10. The highest BCUT2D eigenvalue weighted by Crippen LogP contribution is 2.37. The summed E-state index contributed by atoms with van der Waals surface area (Å²) < 4.78 is 13.2. The Kier molecular flexibility index (Phi) is 8.93. The first-order valence-corrected chi connectivity index (χ1v) is 14.2. The molecule has 1 unspecified atom stereocenters. The number of aromatic carboxylic acids is 1. The molecule has 10 heteroatoms. The predicted octanol–water partition coefficient (Wildman–Crippen LogP) is 6.14. The van der Waals surface area contributed by atoms with Crippen LogP contribution in [0.2, 0.25) is 0 Å². The summed E-state index contributed by atoms with van der Waals surface area (Å²) in [5, 5.41) is 16.1. The van der Waals surface area contributed by atoms with Crippen LogP contribution in [-0.4, -0.2) is 41.4 Å². The van der Waals surface area contributed by atoms with Gasteiger partial charge in [0, 0.05) is 27.6 Å². The molecule has 42 heavy (non-hydrogen) atoms. The summed E-state index contributed by atoms with van der Waals surface area (Å²) in [5.41, 5.74) is 7.29. The van der Waals surface area contributed by atoms with Crippen LogP contribution in [0.4, 0.5) is 20.6 Å². The van der Waals surface area contributed by atoms with Gasteiger partial charge in [-0.25, -0.2) is 19.4 Å². The summed E-state index contributed by atoms with van der Waals surface area (Å²) >= 11 is 1.64. The van der Waals surface area contributed by atoms with Crippen LogP contribution in [0.3, 0.4) is 0 Å². The molecule has 212 valence electrons. The van der Waals surface area contributed by atoms with Gasteiger partial charge in [0.05, 0.1) is 17.8 Å². The molecule has 0 saturated carbocycles. The van der Waals surface area contributed by atoms with E-state index in [1.54, 1.807) is 23.9 Å². The summed E-state index contributed by atoms with van der Waals surface area (Å²) in [4.78, 5) is 38.8. The Labute approximate surface area is 246 Å². The number of halogens is 1. The van der Waals surface area contributed by atoms with Crippen molar-refractivity contribution in [1.82, 2.24) is 5.43 Å². The van der Waals surface area contributed by atoms with Crippen molar-refractivity contribution in [2.45, 2.75) is 17.4 Å². The van der Waals surface area contributed by atoms with E-state index in [2.05, 4.69) is 15.8 Å². The molecule has 0 saturated heterocycles. The number of hydrazone groups is 1. The average Bonchev–Trinajstić information content (AvgIpc) is 3.36. The van der Waals surface area contributed by atoms with Gasteiger partial charge in [-0.2, -0.15) is 5.10 Å². The zero-order valence-corrected chi connectivity index (χ0v) is 23.2. The topological polar surface area (TPSA) is 111 Å². The Bertz CT molecular complexity index is 1610. The number of amides is 2. The summed E-state index contributed by atoms with van der Waals surface area (Å²) in [6, 6.07) is 26.5. The van der Waals surface area contributed by atoms with Crippen LogP contribution in [0.5, 0.6) is 0 Å². The molecule has 1 aliphatic rings. The van der Waals surface area contributed by atoms with Gasteiger partial charge in [-0.15, -0.1) is 11.8 Å². The van der Waals surface area contributed by atoms with Crippen LogP contribution in [0.25, 0.3) is 0 Å². The maximum absolute atomic E-state index is 13.2. The number of benzene rings is 4. The van der Waals surface area contributed by atoms with Crippen molar-refractivity contribution in [1.29, 1.82) is 0 Å². The van der Waals surface area contributed by atoms with E-state index in [0.717, 1.165) is 45.7 Å². The van der Waals surface area contributed by atoms with Gasteiger partial charge in [0.25, 0.3) is 0 Å². The van der Waals surface area contributed by atoms with Crippen LogP contribution in [-0.2, 0) is 11.2 Å². The van der Waals surface area contributed by atoms with Crippen LogP contribution < -0.4 is 15.6 Å². The number of aryl methyl sites for hydroxylation is 1. The van der Waals surface area contributed by atoms with Crippen molar-refractivity contribution in [3.8, 4) is 0 Å². The van der Waals surface area contributed by atoms with Gasteiger partial charge in [-0.05, 0) is 72.1 Å². The minimum absolute atomic E-state index is 0.255. The Morgan fingerprint density at radius 1 is 1.00 bits per heavy atom. The van der Waals surface area contributed by atoms with Crippen molar-refractivity contribution in [3.63, 3.8) is 0 Å². The number of carboxylic acids is 1.